The van der Waals surface area contributed by atoms with E-state index in [2.05, 4.69) is 0 Å². The Balaban J connectivity index is 1.92. The van der Waals surface area contributed by atoms with Crippen LogP contribution in [0.15, 0.2) is 84.9 Å². The lowest BCUT2D eigenvalue weighted by atomic mass is 9.86. The first-order valence-electron chi connectivity index (χ1n) is 8.17. The Kier molecular flexibility index (Phi) is 4.96. The Labute approximate surface area is 147 Å². The van der Waals surface area contributed by atoms with E-state index in [1.807, 2.05) is 43.3 Å². The molecular weight excluding hydrogens is 312 g/mol. The van der Waals surface area contributed by atoms with Gasteiger partial charge in [-0.15, -0.1) is 0 Å². The van der Waals surface area contributed by atoms with Gasteiger partial charge >= 0.3 is 5.97 Å². The van der Waals surface area contributed by atoms with Crippen molar-refractivity contribution in [2.45, 2.75) is 19.1 Å². The maximum atomic E-state index is 12.9. The van der Waals surface area contributed by atoms with E-state index >= 15 is 0 Å². The Hall–Kier alpha value is -2.91. The normalized spacial score (nSPS) is 11.1. The molecule has 126 valence electrons. The molecule has 0 unspecified atom stereocenters. The molecule has 0 heterocycles. The van der Waals surface area contributed by atoms with Crippen LogP contribution in [0.3, 0.4) is 0 Å². The van der Waals surface area contributed by atoms with Crippen molar-refractivity contribution in [3.05, 3.63) is 107 Å². The summed E-state index contributed by atoms with van der Waals surface area (Å²) in [4.78, 5) is 12.9. The van der Waals surface area contributed by atoms with Gasteiger partial charge < -0.3 is 9.84 Å². The number of aliphatic hydroxyl groups is 1. The Morgan fingerprint density at radius 1 is 0.840 bits per heavy atom. The van der Waals surface area contributed by atoms with E-state index in [1.165, 1.54) is 0 Å². The van der Waals surface area contributed by atoms with Gasteiger partial charge in [-0.1, -0.05) is 84.9 Å². The molecule has 25 heavy (non-hydrogen) atoms. The monoisotopic (exact) mass is 332 g/mol. The number of carbonyl (C=O) groups is 1. The quantitative estimate of drug-likeness (QED) is 0.719. The number of carbonyl (C=O) groups excluding carboxylic acids is 1. The molecule has 0 bridgehead atoms. The van der Waals surface area contributed by atoms with E-state index in [4.69, 9.17) is 4.74 Å². The van der Waals surface area contributed by atoms with Gasteiger partial charge in [0.1, 0.15) is 6.61 Å². The van der Waals surface area contributed by atoms with Crippen molar-refractivity contribution >= 4 is 5.97 Å². The van der Waals surface area contributed by atoms with Crippen molar-refractivity contribution in [1.29, 1.82) is 0 Å². The van der Waals surface area contributed by atoms with Gasteiger partial charge in [0.25, 0.3) is 0 Å². The van der Waals surface area contributed by atoms with Gasteiger partial charge in [0.05, 0.1) is 0 Å². The first-order chi connectivity index (χ1) is 12.1. The largest absolute Gasteiger partial charge is 0.458 e. The molecule has 0 atom stereocenters. The molecule has 1 N–H and O–H groups in total. The van der Waals surface area contributed by atoms with Gasteiger partial charge in [0.2, 0.25) is 5.60 Å². The van der Waals surface area contributed by atoms with E-state index in [-0.39, 0.29) is 6.61 Å². The topological polar surface area (TPSA) is 46.5 Å². The summed E-state index contributed by atoms with van der Waals surface area (Å²) in [6, 6.07) is 25.4. The molecular formula is C22H20O3. The summed E-state index contributed by atoms with van der Waals surface area (Å²) < 4.78 is 5.49. The third kappa shape index (κ3) is 3.47. The first-order valence-corrected chi connectivity index (χ1v) is 8.17. The van der Waals surface area contributed by atoms with E-state index in [0.717, 1.165) is 11.1 Å². The second-order valence-electron chi connectivity index (χ2n) is 5.95. The van der Waals surface area contributed by atoms with Crippen LogP contribution in [0.25, 0.3) is 0 Å². The Bertz CT molecular complexity index is 802. The molecule has 0 aliphatic rings. The Morgan fingerprint density at radius 2 is 1.32 bits per heavy atom. The van der Waals surface area contributed by atoms with Crippen molar-refractivity contribution in [2.75, 3.05) is 0 Å². The predicted octanol–water partition coefficient (Wildman–Crippen LogP) is 3.97. The summed E-state index contributed by atoms with van der Waals surface area (Å²) >= 11 is 0. The van der Waals surface area contributed by atoms with Gasteiger partial charge in [-0.3, -0.25) is 0 Å². The molecule has 3 aromatic rings. The van der Waals surface area contributed by atoms with Gasteiger partial charge in [0.15, 0.2) is 0 Å². The lowest BCUT2D eigenvalue weighted by molar-refractivity contribution is -0.163. The number of hydrogen-bond acceptors (Lipinski definition) is 3. The fourth-order valence-corrected chi connectivity index (χ4v) is 2.78. The summed E-state index contributed by atoms with van der Waals surface area (Å²) in [7, 11) is 0. The molecule has 0 aliphatic carbocycles. The summed E-state index contributed by atoms with van der Waals surface area (Å²) in [5.74, 6) is -0.687. The molecule has 0 fully saturated rings. The van der Waals surface area contributed by atoms with Crippen LogP contribution >= 0.6 is 0 Å². The second-order valence-corrected chi connectivity index (χ2v) is 5.95. The highest BCUT2D eigenvalue weighted by Gasteiger charge is 2.41. The van der Waals surface area contributed by atoms with Crippen LogP contribution in [-0.2, 0) is 21.7 Å². The van der Waals surface area contributed by atoms with Gasteiger partial charge in [-0.25, -0.2) is 4.79 Å². The summed E-state index contributed by atoms with van der Waals surface area (Å²) in [6.45, 7) is 2.08. The number of aryl methyl sites for hydroxylation is 1. The lowest BCUT2D eigenvalue weighted by Gasteiger charge is -2.27. The van der Waals surface area contributed by atoms with Crippen LogP contribution in [0.5, 0.6) is 0 Å². The number of ether oxygens (including phenoxy) is 1. The van der Waals surface area contributed by atoms with Crippen molar-refractivity contribution < 1.29 is 14.6 Å². The van der Waals surface area contributed by atoms with Crippen LogP contribution in [0.2, 0.25) is 0 Å². The number of benzene rings is 3. The van der Waals surface area contributed by atoms with Crippen LogP contribution in [0.4, 0.5) is 0 Å². The maximum Gasteiger partial charge on any atom is 0.348 e. The SMILES string of the molecule is Cc1ccccc1COC(=O)C(O)(c1ccccc1)c1ccccc1. The van der Waals surface area contributed by atoms with E-state index in [9.17, 15) is 9.90 Å². The highest BCUT2D eigenvalue weighted by atomic mass is 16.5. The average molecular weight is 332 g/mol. The summed E-state index contributed by atoms with van der Waals surface area (Å²) in [6.07, 6.45) is 0. The molecule has 0 spiro atoms. The Morgan fingerprint density at radius 3 is 1.84 bits per heavy atom. The predicted molar refractivity (Wildman–Crippen MR) is 96.9 cm³/mol. The zero-order valence-corrected chi connectivity index (χ0v) is 14.1. The zero-order valence-electron chi connectivity index (χ0n) is 14.1. The van der Waals surface area contributed by atoms with Crippen LogP contribution in [0.1, 0.15) is 22.3 Å². The molecule has 0 amide bonds. The molecule has 3 heteroatoms. The second kappa shape index (κ2) is 7.32. The fourth-order valence-electron chi connectivity index (χ4n) is 2.78. The van der Waals surface area contributed by atoms with E-state index in [0.29, 0.717) is 11.1 Å². The standard InChI is InChI=1S/C22H20O3/c1-17-10-8-9-11-18(17)16-25-21(23)22(24,19-12-4-2-5-13-19)20-14-6-3-7-15-20/h2-15,24H,16H2,1H3. The molecule has 3 nitrogen and oxygen atoms in total. The van der Waals surface area contributed by atoms with Crippen molar-refractivity contribution in [3.63, 3.8) is 0 Å². The van der Waals surface area contributed by atoms with Gasteiger partial charge in [0, 0.05) is 0 Å². The van der Waals surface area contributed by atoms with Gasteiger partial charge in [-0.05, 0) is 29.2 Å². The summed E-state index contributed by atoms with van der Waals surface area (Å²) in [5.41, 5.74) is 1.08. The average Bonchev–Trinajstić information content (AvgIpc) is 2.68. The van der Waals surface area contributed by atoms with Crippen LogP contribution < -0.4 is 0 Å². The van der Waals surface area contributed by atoms with E-state index < -0.39 is 11.6 Å². The van der Waals surface area contributed by atoms with Crippen LogP contribution in [0, 0.1) is 6.92 Å². The molecule has 3 rings (SSSR count). The lowest BCUT2D eigenvalue weighted by Crippen LogP contribution is -2.38. The minimum Gasteiger partial charge on any atom is -0.458 e. The minimum atomic E-state index is -1.84. The molecule has 0 aliphatic heterocycles. The smallest absolute Gasteiger partial charge is 0.348 e. The van der Waals surface area contributed by atoms with Crippen molar-refractivity contribution in [3.8, 4) is 0 Å². The number of esters is 1. The minimum absolute atomic E-state index is 0.119. The number of hydrogen-bond donors (Lipinski definition) is 1. The van der Waals surface area contributed by atoms with Gasteiger partial charge in [-0.2, -0.15) is 0 Å². The van der Waals surface area contributed by atoms with Crippen molar-refractivity contribution in [1.82, 2.24) is 0 Å². The third-order valence-electron chi connectivity index (χ3n) is 4.30. The number of rotatable bonds is 5. The fraction of sp³-hybridized carbons (Fsp3) is 0.136. The summed E-state index contributed by atoms with van der Waals surface area (Å²) in [5, 5.41) is 11.3. The molecule has 0 radical (unpaired) electrons. The maximum absolute atomic E-state index is 12.9. The molecule has 3 aromatic carbocycles. The van der Waals surface area contributed by atoms with E-state index in [1.54, 1.807) is 48.5 Å². The molecule has 0 saturated heterocycles. The zero-order chi connectivity index (χ0) is 17.7. The van der Waals surface area contributed by atoms with Crippen LogP contribution in [-0.4, -0.2) is 11.1 Å². The molecule has 0 aromatic heterocycles. The van der Waals surface area contributed by atoms with Crippen molar-refractivity contribution in [2.24, 2.45) is 0 Å². The highest BCUT2D eigenvalue weighted by molar-refractivity contribution is 5.85. The third-order valence-corrected chi connectivity index (χ3v) is 4.30. The highest BCUT2D eigenvalue weighted by Crippen LogP contribution is 2.31. The first kappa shape index (κ1) is 16.9. The molecule has 0 saturated carbocycles.